The Morgan fingerprint density at radius 2 is 1.97 bits per heavy atom. The molecule has 37 heavy (non-hydrogen) atoms. The molecule has 0 atom stereocenters. The van der Waals surface area contributed by atoms with E-state index in [0.717, 1.165) is 5.56 Å². The molecular formula is C27H22N6O4. The van der Waals surface area contributed by atoms with Gasteiger partial charge < -0.3 is 19.9 Å². The van der Waals surface area contributed by atoms with E-state index in [1.807, 2.05) is 37.3 Å². The first-order valence-electron chi connectivity index (χ1n) is 11.5. The van der Waals surface area contributed by atoms with E-state index >= 15 is 0 Å². The summed E-state index contributed by atoms with van der Waals surface area (Å²) in [7, 11) is 1.49. The third kappa shape index (κ3) is 4.70. The second-order valence-corrected chi connectivity index (χ2v) is 7.81. The summed E-state index contributed by atoms with van der Waals surface area (Å²) in [5, 5.41) is 13.7. The molecule has 5 rings (SSSR count). The topological polar surface area (TPSA) is 124 Å². The van der Waals surface area contributed by atoms with Gasteiger partial charge in [0.2, 0.25) is 5.90 Å². The molecule has 10 nitrogen and oxygen atoms in total. The fourth-order valence-corrected chi connectivity index (χ4v) is 3.77. The van der Waals surface area contributed by atoms with Gasteiger partial charge >= 0.3 is 0 Å². The standard InChI is InChI=1S/C27H22N6O4/c1-3-37-22-14-7-11-18(30-22)25-32-24-26(33(25)23-20(34)12-8-13-21(23)36-2)31-19(16-28-24)27(35)29-15-17-9-5-4-6-10-17/h4-6,8-10,12-14,16,34H,3,15H2,1-2H3,(H,29,35). The highest BCUT2D eigenvalue weighted by molar-refractivity contribution is 5.95. The van der Waals surface area contributed by atoms with E-state index in [9.17, 15) is 9.90 Å². The normalized spacial score (nSPS) is 12.3. The number of benzene rings is 2. The van der Waals surface area contributed by atoms with Crippen molar-refractivity contribution in [2.24, 2.45) is 4.99 Å². The smallest absolute Gasteiger partial charge is 0.271 e. The van der Waals surface area contributed by atoms with Crippen LogP contribution in [0.1, 0.15) is 28.8 Å². The number of nitrogens with zero attached hydrogens (tertiary/aromatic N) is 5. The number of hydrogen-bond acceptors (Lipinski definition) is 8. The van der Waals surface area contributed by atoms with Crippen molar-refractivity contribution in [3.8, 4) is 17.2 Å². The fraction of sp³-hybridized carbons (Fsp3) is 0.148. The van der Waals surface area contributed by atoms with Gasteiger partial charge in [-0.1, -0.05) is 42.1 Å². The second kappa shape index (κ2) is 10.2. The number of amides is 1. The molecule has 1 aliphatic heterocycles. The van der Waals surface area contributed by atoms with E-state index in [1.54, 1.807) is 18.2 Å². The zero-order chi connectivity index (χ0) is 25.8. The predicted octanol–water partition coefficient (Wildman–Crippen LogP) is 3.56. The molecular weight excluding hydrogens is 472 g/mol. The minimum Gasteiger partial charge on any atom is -0.506 e. The molecule has 184 valence electrons. The minimum atomic E-state index is -0.409. The average molecular weight is 495 g/mol. The number of fused-ring (bicyclic) bond motifs is 1. The van der Waals surface area contributed by atoms with Crippen LogP contribution in [-0.2, 0) is 11.3 Å². The van der Waals surface area contributed by atoms with Gasteiger partial charge in [0.1, 0.15) is 22.9 Å². The van der Waals surface area contributed by atoms with Crippen molar-refractivity contribution >= 4 is 28.8 Å². The van der Waals surface area contributed by atoms with Gasteiger partial charge in [-0.15, -0.1) is 0 Å². The van der Waals surface area contributed by atoms with Gasteiger partial charge in [-0.2, -0.15) is 0 Å². The van der Waals surface area contributed by atoms with Gasteiger partial charge in [-0.05, 0) is 30.4 Å². The van der Waals surface area contributed by atoms with Gasteiger partial charge in [-0.25, -0.2) is 19.9 Å². The van der Waals surface area contributed by atoms with Crippen molar-refractivity contribution in [2.45, 2.75) is 13.5 Å². The Hall–Kier alpha value is -5.17. The number of phenols is 1. The number of aliphatic imine (C=N–C) groups is 1. The fourth-order valence-electron chi connectivity index (χ4n) is 3.77. The third-order valence-corrected chi connectivity index (χ3v) is 5.43. The van der Waals surface area contributed by atoms with Gasteiger partial charge in [0.15, 0.2) is 22.8 Å². The van der Waals surface area contributed by atoms with E-state index in [1.165, 1.54) is 23.9 Å². The highest BCUT2D eigenvalue weighted by Gasteiger charge is 2.25. The summed E-state index contributed by atoms with van der Waals surface area (Å²) >= 11 is 0. The zero-order valence-electron chi connectivity index (χ0n) is 20.1. The summed E-state index contributed by atoms with van der Waals surface area (Å²) in [6.07, 6.45) is 2.91. The number of rotatable bonds is 7. The molecule has 3 heterocycles. The lowest BCUT2D eigenvalue weighted by Gasteiger charge is -2.14. The summed E-state index contributed by atoms with van der Waals surface area (Å²) in [4.78, 5) is 30.9. The molecule has 0 radical (unpaired) electrons. The Kier molecular flexibility index (Phi) is 6.50. The van der Waals surface area contributed by atoms with Crippen LogP contribution in [0, 0.1) is 0 Å². The number of phenolic OH excluding ortho intramolecular Hbond substituents is 1. The predicted molar refractivity (Wildman–Crippen MR) is 137 cm³/mol. The van der Waals surface area contributed by atoms with E-state index in [2.05, 4.69) is 36.7 Å². The van der Waals surface area contributed by atoms with Crippen LogP contribution < -0.4 is 10.1 Å². The van der Waals surface area contributed by atoms with Crippen LogP contribution in [0.5, 0.6) is 11.5 Å². The maximum absolute atomic E-state index is 12.9. The van der Waals surface area contributed by atoms with Crippen molar-refractivity contribution in [3.05, 3.63) is 89.3 Å². The van der Waals surface area contributed by atoms with Crippen LogP contribution in [0.25, 0.3) is 22.7 Å². The number of hydrogen-bond donors (Lipinski definition) is 2. The quantitative estimate of drug-likeness (QED) is 0.377. The summed E-state index contributed by atoms with van der Waals surface area (Å²) in [6.45, 7) is 2.59. The molecule has 0 saturated heterocycles. The van der Waals surface area contributed by atoms with Crippen molar-refractivity contribution < 1.29 is 19.4 Å². The Morgan fingerprint density at radius 1 is 1.14 bits per heavy atom. The van der Waals surface area contributed by atoms with E-state index in [-0.39, 0.29) is 39.9 Å². The molecule has 2 aromatic heterocycles. The number of imidazole rings is 1. The highest BCUT2D eigenvalue weighted by atomic mass is 16.5. The molecule has 0 aliphatic carbocycles. The molecule has 2 N–H and O–H groups in total. The number of nitrogens with one attached hydrogen (secondary N) is 1. The molecule has 2 aromatic carbocycles. The van der Waals surface area contributed by atoms with Crippen molar-refractivity contribution in [2.75, 3.05) is 13.7 Å². The molecule has 1 amide bonds. The maximum atomic E-state index is 12.9. The summed E-state index contributed by atoms with van der Waals surface area (Å²) in [6, 6.07) is 14.4. The number of ether oxygens (including phenoxy) is 2. The SMILES string of the molecule is CCOC1=NC(c2nc3ncc(C(=O)NCc4ccccc4)nc3n2-c2c(O)cccc2OC)=C=C=C1. The molecule has 0 saturated carbocycles. The largest absolute Gasteiger partial charge is 0.506 e. The van der Waals surface area contributed by atoms with E-state index < -0.39 is 5.91 Å². The third-order valence-electron chi connectivity index (χ3n) is 5.43. The first-order valence-corrected chi connectivity index (χ1v) is 11.5. The number of carbonyl (C=O) groups is 1. The van der Waals surface area contributed by atoms with Crippen LogP contribution >= 0.6 is 0 Å². The lowest BCUT2D eigenvalue weighted by Crippen LogP contribution is -2.24. The maximum Gasteiger partial charge on any atom is 0.271 e. The van der Waals surface area contributed by atoms with E-state index in [4.69, 9.17) is 9.47 Å². The molecule has 4 aromatic rings. The number of methoxy groups -OCH3 is 1. The summed E-state index contributed by atoms with van der Waals surface area (Å²) in [5.41, 5.74) is 7.83. The van der Waals surface area contributed by atoms with E-state index in [0.29, 0.717) is 24.8 Å². The lowest BCUT2D eigenvalue weighted by molar-refractivity contribution is 0.0946. The Balaban J connectivity index is 1.65. The molecule has 10 heteroatoms. The molecule has 1 aliphatic rings. The highest BCUT2D eigenvalue weighted by Crippen LogP contribution is 2.36. The lowest BCUT2D eigenvalue weighted by atomic mass is 10.2. The van der Waals surface area contributed by atoms with Crippen LogP contribution in [0.2, 0.25) is 0 Å². The first kappa shape index (κ1) is 23.6. The number of carbonyl (C=O) groups excluding carboxylic acids is 1. The molecule has 0 bridgehead atoms. The molecule has 0 spiro atoms. The number of para-hydroxylation sites is 1. The van der Waals surface area contributed by atoms with Crippen molar-refractivity contribution in [1.29, 1.82) is 0 Å². The Labute approximate surface area is 212 Å². The Bertz CT molecular complexity index is 1630. The van der Waals surface area contributed by atoms with Gasteiger partial charge in [0.05, 0.1) is 26.0 Å². The second-order valence-electron chi connectivity index (χ2n) is 7.81. The molecule has 0 unspecified atom stereocenters. The zero-order valence-corrected chi connectivity index (χ0v) is 20.1. The van der Waals surface area contributed by atoms with Crippen molar-refractivity contribution in [3.63, 3.8) is 0 Å². The summed E-state index contributed by atoms with van der Waals surface area (Å²) in [5.74, 6) is 0.445. The number of aromatic hydroxyl groups is 1. The van der Waals surface area contributed by atoms with Crippen molar-refractivity contribution in [1.82, 2.24) is 24.8 Å². The summed E-state index contributed by atoms with van der Waals surface area (Å²) < 4.78 is 12.6. The number of aromatic nitrogens is 4. The van der Waals surface area contributed by atoms with Crippen LogP contribution in [0.4, 0.5) is 0 Å². The minimum absolute atomic E-state index is 0.0806. The van der Waals surface area contributed by atoms with Gasteiger partial charge in [0, 0.05) is 6.54 Å². The van der Waals surface area contributed by atoms with Crippen LogP contribution in [0.3, 0.4) is 0 Å². The molecule has 0 fully saturated rings. The van der Waals surface area contributed by atoms with Crippen LogP contribution in [-0.4, -0.2) is 50.1 Å². The van der Waals surface area contributed by atoms with Gasteiger partial charge in [-0.3, -0.25) is 9.36 Å². The first-order chi connectivity index (χ1) is 18.1. The van der Waals surface area contributed by atoms with Crippen LogP contribution in [0.15, 0.2) is 77.3 Å². The van der Waals surface area contributed by atoms with Gasteiger partial charge in [0.25, 0.3) is 5.91 Å². The Morgan fingerprint density at radius 3 is 2.76 bits per heavy atom. The monoisotopic (exact) mass is 494 g/mol. The average Bonchev–Trinajstić information content (AvgIpc) is 3.31.